The molecule has 2 rings (SSSR count). The number of methoxy groups -OCH3 is 1. The number of sulfonamides is 1. The van der Waals surface area contributed by atoms with Crippen LogP contribution in [0.25, 0.3) is 0 Å². The van der Waals surface area contributed by atoms with E-state index < -0.39 is 10.0 Å². The van der Waals surface area contributed by atoms with Gasteiger partial charge < -0.3 is 15.0 Å². The van der Waals surface area contributed by atoms with E-state index in [4.69, 9.17) is 4.74 Å². The molecular weight excluding hydrogens is 426 g/mol. The van der Waals surface area contributed by atoms with E-state index in [2.05, 4.69) is 10.2 Å². The Morgan fingerprint density at radius 3 is 2.22 bits per heavy atom. The number of nitrogens with zero attached hydrogens (tertiary/aromatic N) is 2. The first-order chi connectivity index (χ1) is 15.3. The standard InChI is InChI=1S/C24H35N3O4S/c1-6-26(7-2)22-16-15-20(32(29,30)27(8-3)9-4)18-21(22)25-24(28)17-14-19-12-10-11-13-23(19)31-5/h10-13,15-16,18H,6-9,14,17H2,1-5H3,(H,25,28). The van der Waals surface area contributed by atoms with Crippen LogP contribution in [-0.4, -0.2) is 51.9 Å². The van der Waals surface area contributed by atoms with Crippen LogP contribution in [0.5, 0.6) is 5.75 Å². The van der Waals surface area contributed by atoms with Crippen molar-refractivity contribution in [1.29, 1.82) is 0 Å². The van der Waals surface area contributed by atoms with Gasteiger partial charge in [0.25, 0.3) is 0 Å². The van der Waals surface area contributed by atoms with Crippen molar-refractivity contribution in [3.05, 3.63) is 48.0 Å². The lowest BCUT2D eigenvalue weighted by Gasteiger charge is -2.26. The molecule has 0 fully saturated rings. The van der Waals surface area contributed by atoms with Crippen LogP contribution >= 0.6 is 0 Å². The molecule has 0 aliphatic rings. The van der Waals surface area contributed by atoms with Gasteiger partial charge in [-0.15, -0.1) is 0 Å². The number of nitrogens with one attached hydrogen (secondary N) is 1. The van der Waals surface area contributed by atoms with E-state index in [0.717, 1.165) is 30.1 Å². The van der Waals surface area contributed by atoms with Gasteiger partial charge in [-0.25, -0.2) is 8.42 Å². The fourth-order valence-electron chi connectivity index (χ4n) is 3.70. The van der Waals surface area contributed by atoms with Gasteiger partial charge in [0, 0.05) is 32.6 Å². The minimum Gasteiger partial charge on any atom is -0.496 e. The number of carbonyl (C=O) groups is 1. The van der Waals surface area contributed by atoms with Crippen LogP contribution in [0.3, 0.4) is 0 Å². The largest absolute Gasteiger partial charge is 0.496 e. The maximum absolute atomic E-state index is 13.0. The first-order valence-corrected chi connectivity index (χ1v) is 12.6. The molecule has 8 heteroatoms. The van der Waals surface area contributed by atoms with Gasteiger partial charge in [-0.2, -0.15) is 4.31 Å². The molecule has 0 bridgehead atoms. The monoisotopic (exact) mass is 461 g/mol. The third-order valence-electron chi connectivity index (χ3n) is 5.50. The number of amides is 1. The van der Waals surface area contributed by atoms with Crippen molar-refractivity contribution in [2.75, 3.05) is 43.5 Å². The average Bonchev–Trinajstić information content (AvgIpc) is 2.80. The Morgan fingerprint density at radius 2 is 1.62 bits per heavy atom. The van der Waals surface area contributed by atoms with Crippen LogP contribution in [0.1, 0.15) is 39.7 Å². The Labute approximate surface area is 192 Å². The normalized spacial score (nSPS) is 11.4. The zero-order valence-corrected chi connectivity index (χ0v) is 20.5. The molecule has 2 aromatic rings. The minimum absolute atomic E-state index is 0.178. The van der Waals surface area contributed by atoms with E-state index in [-0.39, 0.29) is 17.2 Å². The summed E-state index contributed by atoms with van der Waals surface area (Å²) in [4.78, 5) is 15.1. The molecule has 0 spiro atoms. The van der Waals surface area contributed by atoms with Crippen LogP contribution < -0.4 is 15.0 Å². The lowest BCUT2D eigenvalue weighted by molar-refractivity contribution is -0.116. The molecule has 0 atom stereocenters. The van der Waals surface area contributed by atoms with Crippen molar-refractivity contribution < 1.29 is 17.9 Å². The summed E-state index contributed by atoms with van der Waals surface area (Å²) in [6.07, 6.45) is 0.777. The Kier molecular flexibility index (Phi) is 9.53. The number of benzene rings is 2. The molecule has 176 valence electrons. The molecule has 0 saturated heterocycles. The molecule has 0 unspecified atom stereocenters. The first-order valence-electron chi connectivity index (χ1n) is 11.1. The van der Waals surface area contributed by atoms with Gasteiger partial charge in [0.2, 0.25) is 15.9 Å². The van der Waals surface area contributed by atoms with Gasteiger partial charge >= 0.3 is 0 Å². The summed E-state index contributed by atoms with van der Waals surface area (Å²) < 4.78 is 32.8. The lowest BCUT2D eigenvalue weighted by Crippen LogP contribution is -2.31. The number of hydrogen-bond donors (Lipinski definition) is 1. The molecule has 2 aromatic carbocycles. The maximum atomic E-state index is 13.0. The number of carbonyl (C=O) groups excluding carboxylic acids is 1. The van der Waals surface area contributed by atoms with E-state index in [1.165, 1.54) is 4.31 Å². The maximum Gasteiger partial charge on any atom is 0.243 e. The molecular formula is C24H35N3O4S. The number of anilines is 2. The molecule has 1 amide bonds. The SMILES string of the molecule is CCN(CC)c1ccc(S(=O)(=O)N(CC)CC)cc1NC(=O)CCc1ccccc1OC. The summed E-state index contributed by atoms with van der Waals surface area (Å²) in [5, 5.41) is 2.95. The second-order valence-electron chi connectivity index (χ2n) is 7.30. The zero-order valence-electron chi connectivity index (χ0n) is 19.7. The van der Waals surface area contributed by atoms with Crippen LogP contribution in [0.15, 0.2) is 47.4 Å². The molecule has 0 saturated carbocycles. The smallest absolute Gasteiger partial charge is 0.243 e. The van der Waals surface area contributed by atoms with Gasteiger partial charge in [0.15, 0.2) is 0 Å². The van der Waals surface area contributed by atoms with E-state index in [1.54, 1.807) is 25.3 Å². The highest BCUT2D eigenvalue weighted by atomic mass is 32.2. The topological polar surface area (TPSA) is 79.0 Å². The lowest BCUT2D eigenvalue weighted by atomic mass is 10.1. The highest BCUT2D eigenvalue weighted by Crippen LogP contribution is 2.30. The van der Waals surface area contributed by atoms with Crippen molar-refractivity contribution in [2.24, 2.45) is 0 Å². The summed E-state index contributed by atoms with van der Waals surface area (Å²) in [5.74, 6) is 0.568. The highest BCUT2D eigenvalue weighted by molar-refractivity contribution is 7.89. The Hall–Kier alpha value is -2.58. The van der Waals surface area contributed by atoms with E-state index in [0.29, 0.717) is 25.2 Å². The van der Waals surface area contributed by atoms with Gasteiger partial charge in [-0.05, 0) is 50.1 Å². The molecule has 7 nitrogen and oxygen atoms in total. The summed E-state index contributed by atoms with van der Waals surface area (Å²) in [7, 11) is -2.02. The molecule has 0 heterocycles. The van der Waals surface area contributed by atoms with Crippen LogP contribution in [0.4, 0.5) is 11.4 Å². The number of para-hydroxylation sites is 1. The van der Waals surface area contributed by atoms with Gasteiger partial charge in [-0.3, -0.25) is 4.79 Å². The predicted molar refractivity (Wildman–Crippen MR) is 130 cm³/mol. The summed E-state index contributed by atoms with van der Waals surface area (Å²) in [5.41, 5.74) is 2.26. The van der Waals surface area contributed by atoms with Gasteiger partial charge in [0.05, 0.1) is 23.4 Å². The second-order valence-corrected chi connectivity index (χ2v) is 9.24. The predicted octanol–water partition coefficient (Wildman–Crippen LogP) is 4.14. The molecule has 0 aromatic heterocycles. The van der Waals surface area contributed by atoms with Crippen molar-refractivity contribution >= 4 is 27.3 Å². The van der Waals surface area contributed by atoms with Crippen LogP contribution in [-0.2, 0) is 21.2 Å². The van der Waals surface area contributed by atoms with Gasteiger partial charge in [0.1, 0.15) is 5.75 Å². The molecule has 0 radical (unpaired) electrons. The molecule has 0 aliphatic carbocycles. The first kappa shape index (κ1) is 25.7. The highest BCUT2D eigenvalue weighted by Gasteiger charge is 2.24. The Morgan fingerprint density at radius 1 is 0.969 bits per heavy atom. The summed E-state index contributed by atoms with van der Waals surface area (Å²) in [6, 6.07) is 12.6. The van der Waals surface area contributed by atoms with E-state index in [9.17, 15) is 13.2 Å². The number of aryl methyl sites for hydroxylation is 1. The number of rotatable bonds is 12. The second kappa shape index (κ2) is 11.9. The van der Waals surface area contributed by atoms with E-state index >= 15 is 0 Å². The third-order valence-corrected chi connectivity index (χ3v) is 7.55. The average molecular weight is 462 g/mol. The third kappa shape index (κ3) is 6.01. The fraction of sp³-hybridized carbons (Fsp3) is 0.458. The number of ether oxygens (including phenoxy) is 1. The fourth-order valence-corrected chi connectivity index (χ4v) is 5.18. The minimum atomic E-state index is -3.63. The van der Waals surface area contributed by atoms with Crippen molar-refractivity contribution in [3.63, 3.8) is 0 Å². The van der Waals surface area contributed by atoms with Crippen molar-refractivity contribution in [3.8, 4) is 5.75 Å². The van der Waals surface area contributed by atoms with E-state index in [1.807, 2.05) is 52.0 Å². The van der Waals surface area contributed by atoms with Crippen LogP contribution in [0, 0.1) is 0 Å². The number of hydrogen-bond acceptors (Lipinski definition) is 5. The van der Waals surface area contributed by atoms with Crippen LogP contribution in [0.2, 0.25) is 0 Å². The molecule has 1 N–H and O–H groups in total. The quantitative estimate of drug-likeness (QED) is 0.514. The molecule has 0 aliphatic heterocycles. The summed E-state index contributed by atoms with van der Waals surface area (Å²) >= 11 is 0. The summed E-state index contributed by atoms with van der Waals surface area (Å²) in [6.45, 7) is 9.92. The Balaban J connectivity index is 2.33. The van der Waals surface area contributed by atoms with Gasteiger partial charge in [-0.1, -0.05) is 32.0 Å². The Bertz CT molecular complexity index is 1000. The molecule has 32 heavy (non-hydrogen) atoms. The van der Waals surface area contributed by atoms with Crippen molar-refractivity contribution in [2.45, 2.75) is 45.4 Å². The van der Waals surface area contributed by atoms with Crippen molar-refractivity contribution in [1.82, 2.24) is 4.31 Å². The zero-order chi connectivity index (χ0) is 23.7.